The predicted octanol–water partition coefficient (Wildman–Crippen LogP) is 2.74. The van der Waals surface area contributed by atoms with E-state index in [2.05, 4.69) is 17.6 Å². The van der Waals surface area contributed by atoms with Gasteiger partial charge in [0.2, 0.25) is 0 Å². The van der Waals surface area contributed by atoms with Gasteiger partial charge in [-0.25, -0.2) is 0 Å². The van der Waals surface area contributed by atoms with Crippen LogP contribution in [0.4, 0.5) is 11.4 Å². The third-order valence-electron chi connectivity index (χ3n) is 3.22. The van der Waals surface area contributed by atoms with Crippen LogP contribution in [0.5, 0.6) is 0 Å². The van der Waals surface area contributed by atoms with Gasteiger partial charge in [0, 0.05) is 43.8 Å². The highest BCUT2D eigenvalue weighted by Gasteiger charge is 2.08. The molecule has 25 heavy (non-hydrogen) atoms. The number of nitro benzene ring substituents is 1. The van der Waals surface area contributed by atoms with Crippen LogP contribution in [0.1, 0.15) is 26.2 Å². The van der Waals surface area contributed by atoms with Gasteiger partial charge in [0.25, 0.3) is 11.6 Å². The first kappa shape index (κ1) is 20.1. The van der Waals surface area contributed by atoms with Crippen LogP contribution >= 0.6 is 0 Å². The van der Waals surface area contributed by atoms with Crippen LogP contribution in [0.2, 0.25) is 0 Å². The third-order valence-corrected chi connectivity index (χ3v) is 3.22. The summed E-state index contributed by atoms with van der Waals surface area (Å²) in [5, 5.41) is 25.1. The maximum absolute atomic E-state index is 11.9. The van der Waals surface area contributed by atoms with E-state index >= 15 is 0 Å². The molecule has 0 aromatic heterocycles. The molecule has 1 rings (SSSR count). The van der Waals surface area contributed by atoms with Crippen LogP contribution in [0.3, 0.4) is 0 Å². The molecule has 0 fully saturated rings. The quantitative estimate of drug-likeness (QED) is 0.209. The van der Waals surface area contributed by atoms with Gasteiger partial charge in [0.1, 0.15) is 11.6 Å². The maximum atomic E-state index is 11.9. The van der Waals surface area contributed by atoms with E-state index in [1.165, 1.54) is 30.5 Å². The van der Waals surface area contributed by atoms with Crippen LogP contribution in [0.15, 0.2) is 36.0 Å². The Hall–Kier alpha value is -2.92. The number of benzene rings is 1. The summed E-state index contributed by atoms with van der Waals surface area (Å²) in [6.45, 7) is 3.78. The lowest BCUT2D eigenvalue weighted by atomic mass is 10.2. The Kier molecular flexibility index (Phi) is 9.33. The number of rotatable bonds is 11. The zero-order valence-corrected chi connectivity index (χ0v) is 14.2. The molecule has 0 bridgehead atoms. The molecule has 0 unspecified atom stereocenters. The fraction of sp³-hybridized carbons (Fsp3) is 0.412. The zero-order chi connectivity index (χ0) is 18.5. The Morgan fingerprint density at radius 2 is 2.00 bits per heavy atom. The van der Waals surface area contributed by atoms with Gasteiger partial charge in [-0.2, -0.15) is 5.26 Å². The molecule has 0 aliphatic carbocycles. The number of hydrogen-bond donors (Lipinski definition) is 2. The van der Waals surface area contributed by atoms with Crippen molar-refractivity contribution in [3.63, 3.8) is 0 Å². The molecule has 0 saturated carbocycles. The standard InChI is InChI=1S/C17H22N4O4/c1-2-3-10-25-11-4-9-19-17(22)14(12-18)13-20-15-5-7-16(8-6-15)21(23)24/h5-8,13,20H,2-4,9-11H2,1H3,(H,19,22)/b14-13-. The number of hydrogen-bond acceptors (Lipinski definition) is 6. The highest BCUT2D eigenvalue weighted by molar-refractivity contribution is 5.97. The molecule has 2 N–H and O–H groups in total. The summed E-state index contributed by atoms with van der Waals surface area (Å²) in [5.74, 6) is -0.481. The van der Waals surface area contributed by atoms with Gasteiger partial charge < -0.3 is 15.4 Å². The average molecular weight is 346 g/mol. The minimum Gasteiger partial charge on any atom is -0.381 e. The van der Waals surface area contributed by atoms with Crippen molar-refractivity contribution < 1.29 is 14.5 Å². The Morgan fingerprint density at radius 3 is 2.60 bits per heavy atom. The van der Waals surface area contributed by atoms with Crippen molar-refractivity contribution in [3.8, 4) is 6.07 Å². The van der Waals surface area contributed by atoms with Crippen molar-refractivity contribution in [2.24, 2.45) is 0 Å². The van der Waals surface area contributed by atoms with Crippen LogP contribution in [-0.4, -0.2) is 30.6 Å². The third kappa shape index (κ3) is 7.94. The SMILES string of the molecule is CCCCOCCCNC(=O)/C(C#N)=C\Nc1ccc([N+](=O)[O-])cc1. The molecule has 8 nitrogen and oxygen atoms in total. The van der Waals surface area contributed by atoms with E-state index in [0.29, 0.717) is 31.9 Å². The summed E-state index contributed by atoms with van der Waals surface area (Å²) in [4.78, 5) is 22.0. The van der Waals surface area contributed by atoms with Crippen molar-refractivity contribution in [1.29, 1.82) is 5.26 Å². The zero-order valence-electron chi connectivity index (χ0n) is 14.2. The minimum absolute atomic E-state index is 0.0334. The van der Waals surface area contributed by atoms with E-state index in [1.807, 2.05) is 6.07 Å². The normalized spacial score (nSPS) is 10.8. The minimum atomic E-state index is -0.500. The lowest BCUT2D eigenvalue weighted by Gasteiger charge is -2.06. The number of unbranched alkanes of at least 4 members (excludes halogenated alkanes) is 1. The van der Waals surface area contributed by atoms with E-state index in [-0.39, 0.29) is 11.3 Å². The highest BCUT2D eigenvalue weighted by Crippen LogP contribution is 2.15. The van der Waals surface area contributed by atoms with Gasteiger partial charge >= 0.3 is 0 Å². The fourth-order valence-corrected chi connectivity index (χ4v) is 1.80. The first-order valence-electron chi connectivity index (χ1n) is 8.05. The summed E-state index contributed by atoms with van der Waals surface area (Å²) < 4.78 is 5.38. The monoisotopic (exact) mass is 346 g/mol. The molecule has 1 aromatic carbocycles. The molecule has 8 heteroatoms. The second-order valence-electron chi connectivity index (χ2n) is 5.19. The molecular weight excluding hydrogens is 324 g/mol. The topological polar surface area (TPSA) is 117 Å². The number of carbonyl (C=O) groups excluding carboxylic acids is 1. The molecule has 1 amide bonds. The molecule has 0 aliphatic heterocycles. The van der Waals surface area contributed by atoms with E-state index in [9.17, 15) is 14.9 Å². The average Bonchev–Trinajstić information content (AvgIpc) is 2.61. The summed E-state index contributed by atoms with van der Waals surface area (Å²) >= 11 is 0. The molecule has 0 atom stereocenters. The van der Waals surface area contributed by atoms with Gasteiger partial charge in [-0.15, -0.1) is 0 Å². The van der Waals surface area contributed by atoms with Crippen molar-refractivity contribution in [3.05, 3.63) is 46.2 Å². The Labute approximate surface area is 146 Å². The molecule has 0 heterocycles. The van der Waals surface area contributed by atoms with Crippen LogP contribution < -0.4 is 10.6 Å². The number of non-ortho nitro benzene ring substituents is 1. The fourth-order valence-electron chi connectivity index (χ4n) is 1.80. The number of anilines is 1. The van der Waals surface area contributed by atoms with Gasteiger partial charge in [0.05, 0.1) is 4.92 Å². The lowest BCUT2D eigenvalue weighted by molar-refractivity contribution is -0.384. The molecule has 0 radical (unpaired) electrons. The second kappa shape index (κ2) is 11.6. The number of carbonyl (C=O) groups is 1. The van der Waals surface area contributed by atoms with Gasteiger partial charge in [-0.3, -0.25) is 14.9 Å². The molecule has 0 spiro atoms. The van der Waals surface area contributed by atoms with E-state index < -0.39 is 10.8 Å². The van der Waals surface area contributed by atoms with Gasteiger partial charge in [0.15, 0.2) is 0 Å². The molecule has 134 valence electrons. The highest BCUT2D eigenvalue weighted by atomic mass is 16.6. The first-order valence-corrected chi connectivity index (χ1v) is 8.05. The Morgan fingerprint density at radius 1 is 1.32 bits per heavy atom. The predicted molar refractivity (Wildman–Crippen MR) is 93.8 cm³/mol. The molecule has 0 aliphatic rings. The van der Waals surface area contributed by atoms with Crippen molar-refractivity contribution in [2.45, 2.75) is 26.2 Å². The summed E-state index contributed by atoms with van der Waals surface area (Å²) in [6.07, 6.45) is 4.04. The van der Waals surface area contributed by atoms with Crippen LogP contribution in [0, 0.1) is 21.4 Å². The largest absolute Gasteiger partial charge is 0.381 e. The number of nitro groups is 1. The van der Waals surface area contributed by atoms with E-state index in [1.54, 1.807) is 0 Å². The van der Waals surface area contributed by atoms with Crippen LogP contribution in [-0.2, 0) is 9.53 Å². The molecular formula is C17H22N4O4. The summed E-state index contributed by atoms with van der Waals surface area (Å²) in [6, 6.07) is 7.48. The first-order chi connectivity index (χ1) is 12.1. The molecule has 0 saturated heterocycles. The second-order valence-corrected chi connectivity index (χ2v) is 5.19. The van der Waals surface area contributed by atoms with Crippen molar-refractivity contribution in [1.82, 2.24) is 5.32 Å². The van der Waals surface area contributed by atoms with Gasteiger partial charge in [-0.05, 0) is 25.0 Å². The smallest absolute Gasteiger partial charge is 0.269 e. The van der Waals surface area contributed by atoms with Crippen LogP contribution in [0.25, 0.3) is 0 Å². The molecule has 1 aromatic rings. The van der Waals surface area contributed by atoms with Crippen molar-refractivity contribution in [2.75, 3.05) is 25.1 Å². The Balaban J connectivity index is 2.40. The van der Waals surface area contributed by atoms with E-state index in [4.69, 9.17) is 10.00 Å². The number of nitriles is 1. The van der Waals surface area contributed by atoms with E-state index in [0.717, 1.165) is 12.8 Å². The summed E-state index contributed by atoms with van der Waals surface area (Å²) in [7, 11) is 0. The number of amides is 1. The van der Waals surface area contributed by atoms with Crippen molar-refractivity contribution >= 4 is 17.3 Å². The number of nitrogens with one attached hydrogen (secondary N) is 2. The lowest BCUT2D eigenvalue weighted by Crippen LogP contribution is -2.26. The Bertz CT molecular complexity index is 635. The summed E-state index contributed by atoms with van der Waals surface area (Å²) in [5.41, 5.74) is 0.426. The number of ether oxygens (including phenoxy) is 1. The van der Waals surface area contributed by atoms with Gasteiger partial charge in [-0.1, -0.05) is 13.3 Å². The number of nitrogens with zero attached hydrogens (tertiary/aromatic N) is 2. The maximum Gasteiger partial charge on any atom is 0.269 e.